The van der Waals surface area contributed by atoms with E-state index in [1.165, 1.54) is 0 Å². The third-order valence-corrected chi connectivity index (χ3v) is 2.59. The molecule has 112 valence electrons. The van der Waals surface area contributed by atoms with Gasteiger partial charge in [0, 0.05) is 18.2 Å². The third kappa shape index (κ3) is 2.43. The van der Waals surface area contributed by atoms with Crippen LogP contribution in [-0.4, -0.2) is 11.1 Å². The molecule has 1 aromatic heterocycles. The summed E-state index contributed by atoms with van der Waals surface area (Å²) in [6.07, 6.45) is -5.93. The van der Waals surface area contributed by atoms with Gasteiger partial charge in [0.2, 0.25) is 0 Å². The minimum atomic E-state index is -5.93. The fraction of sp³-hybridized carbons (Fsp3) is 0.182. The zero-order valence-electron chi connectivity index (χ0n) is 9.78. The Bertz CT molecular complexity index is 780. The molecule has 0 saturated heterocycles. The molecular weight excluding hydrogens is 305 g/mol. The average Bonchev–Trinajstić information content (AvgIpc) is 2.36. The van der Waals surface area contributed by atoms with Crippen LogP contribution in [0.25, 0.3) is 11.0 Å². The number of fused-ring (bicyclic) bond motifs is 1. The quantitative estimate of drug-likeness (QED) is 0.484. The Kier molecular flexibility index (Phi) is 3.19. The molecule has 0 bridgehead atoms. The van der Waals surface area contributed by atoms with Crippen molar-refractivity contribution in [3.8, 4) is 0 Å². The fourth-order valence-corrected chi connectivity index (χ4v) is 1.55. The lowest BCUT2D eigenvalue weighted by Gasteiger charge is -2.18. The number of hydrogen-bond acceptors (Lipinski definition) is 4. The van der Waals surface area contributed by atoms with E-state index in [9.17, 15) is 36.9 Å². The van der Waals surface area contributed by atoms with Gasteiger partial charge in [-0.3, -0.25) is 14.9 Å². The van der Waals surface area contributed by atoms with E-state index in [0.717, 1.165) is 18.2 Å². The number of halogens is 5. The van der Waals surface area contributed by atoms with Crippen LogP contribution in [0.1, 0.15) is 5.76 Å². The molecule has 0 fully saturated rings. The van der Waals surface area contributed by atoms with Gasteiger partial charge in [-0.15, -0.1) is 0 Å². The average molecular weight is 309 g/mol. The third-order valence-electron chi connectivity index (χ3n) is 2.59. The summed E-state index contributed by atoms with van der Waals surface area (Å²) in [4.78, 5) is 21.2. The summed E-state index contributed by atoms with van der Waals surface area (Å²) in [7, 11) is 0. The lowest BCUT2D eigenvalue weighted by molar-refractivity contribution is -0.384. The van der Waals surface area contributed by atoms with Gasteiger partial charge >= 0.3 is 12.1 Å². The summed E-state index contributed by atoms with van der Waals surface area (Å²) >= 11 is 0. The van der Waals surface area contributed by atoms with E-state index < -0.39 is 44.9 Å². The first-order valence-corrected chi connectivity index (χ1v) is 5.21. The molecule has 0 unspecified atom stereocenters. The second-order valence-corrected chi connectivity index (χ2v) is 3.98. The van der Waals surface area contributed by atoms with E-state index in [1.807, 2.05) is 0 Å². The van der Waals surface area contributed by atoms with Crippen molar-refractivity contribution in [3.05, 3.63) is 50.4 Å². The van der Waals surface area contributed by atoms with Gasteiger partial charge in [-0.2, -0.15) is 22.0 Å². The summed E-state index contributed by atoms with van der Waals surface area (Å²) < 4.78 is 67.3. The smallest absolute Gasteiger partial charge is 0.454 e. The summed E-state index contributed by atoms with van der Waals surface area (Å²) in [5, 5.41) is 10.1. The van der Waals surface area contributed by atoms with E-state index in [0.29, 0.717) is 0 Å². The normalized spacial score (nSPS) is 12.6. The molecule has 0 spiro atoms. The number of benzene rings is 1. The molecule has 0 aliphatic rings. The predicted molar refractivity (Wildman–Crippen MR) is 59.1 cm³/mol. The van der Waals surface area contributed by atoms with E-state index in [4.69, 9.17) is 0 Å². The van der Waals surface area contributed by atoms with Gasteiger partial charge in [0.05, 0.1) is 10.3 Å². The highest BCUT2D eigenvalue weighted by molar-refractivity contribution is 5.79. The van der Waals surface area contributed by atoms with Crippen LogP contribution in [0.5, 0.6) is 0 Å². The van der Waals surface area contributed by atoms with Gasteiger partial charge in [0.25, 0.3) is 5.69 Å². The van der Waals surface area contributed by atoms with Crippen LogP contribution >= 0.6 is 0 Å². The monoisotopic (exact) mass is 309 g/mol. The number of non-ortho nitro benzene ring substituents is 1. The number of nitrogens with zero attached hydrogens (tertiary/aromatic N) is 1. The largest absolute Gasteiger partial charge is 0.461 e. The van der Waals surface area contributed by atoms with Crippen molar-refractivity contribution in [1.82, 2.24) is 0 Å². The molecule has 0 saturated carbocycles. The van der Waals surface area contributed by atoms with Crippen LogP contribution in [0.2, 0.25) is 0 Å². The summed E-state index contributed by atoms with van der Waals surface area (Å²) in [5.74, 6) is -7.22. The van der Waals surface area contributed by atoms with Gasteiger partial charge in [0.15, 0.2) is 11.2 Å². The van der Waals surface area contributed by atoms with Gasteiger partial charge in [-0.1, -0.05) is 0 Å². The fourth-order valence-electron chi connectivity index (χ4n) is 1.55. The van der Waals surface area contributed by atoms with Crippen molar-refractivity contribution < 1.29 is 31.3 Å². The van der Waals surface area contributed by atoms with E-state index in [-0.39, 0.29) is 6.07 Å². The minimum Gasteiger partial charge on any atom is -0.454 e. The van der Waals surface area contributed by atoms with Crippen molar-refractivity contribution in [2.24, 2.45) is 0 Å². The zero-order chi connectivity index (χ0) is 16.0. The molecule has 10 heteroatoms. The Morgan fingerprint density at radius 1 is 1.10 bits per heavy atom. The SMILES string of the molecule is O=c1cc(C(F)(F)C(F)(F)F)oc2ccc([N+](=O)[O-])cc12. The summed E-state index contributed by atoms with van der Waals surface area (Å²) in [6.45, 7) is 0. The maximum Gasteiger partial charge on any atom is 0.461 e. The van der Waals surface area contributed by atoms with Crippen molar-refractivity contribution in [2.75, 3.05) is 0 Å². The minimum absolute atomic E-state index is 0.0282. The van der Waals surface area contributed by atoms with E-state index in [1.54, 1.807) is 0 Å². The summed E-state index contributed by atoms with van der Waals surface area (Å²) in [5.41, 5.74) is -2.36. The first kappa shape index (κ1) is 14.9. The Hall–Kier alpha value is -2.52. The molecule has 0 atom stereocenters. The van der Waals surface area contributed by atoms with Crippen molar-refractivity contribution >= 4 is 16.7 Å². The molecule has 2 aromatic rings. The molecule has 1 aromatic carbocycles. The highest BCUT2D eigenvalue weighted by Gasteiger charge is 2.61. The molecular formula is C11H4F5NO4. The predicted octanol–water partition coefficient (Wildman–Crippen LogP) is 3.36. The van der Waals surface area contributed by atoms with Crippen LogP contribution in [-0.2, 0) is 5.92 Å². The first-order chi connectivity index (χ1) is 9.54. The van der Waals surface area contributed by atoms with Gasteiger partial charge < -0.3 is 4.42 Å². The number of nitro groups is 1. The standard InChI is InChI=1S/C11H4F5NO4/c12-10(13,11(14,15)16)9-4-7(18)6-3-5(17(19)20)1-2-8(6)21-9/h1-4H. The topological polar surface area (TPSA) is 73.3 Å². The Labute approximate surface area is 111 Å². The zero-order valence-corrected chi connectivity index (χ0v) is 9.78. The maximum atomic E-state index is 13.1. The highest BCUT2D eigenvalue weighted by atomic mass is 19.4. The highest BCUT2D eigenvalue weighted by Crippen LogP contribution is 2.43. The van der Waals surface area contributed by atoms with E-state index in [2.05, 4.69) is 4.42 Å². The second-order valence-electron chi connectivity index (χ2n) is 3.98. The summed E-state index contributed by atoms with van der Waals surface area (Å²) in [6, 6.07) is 2.31. The lowest BCUT2D eigenvalue weighted by atomic mass is 10.1. The van der Waals surface area contributed by atoms with Crippen LogP contribution < -0.4 is 5.43 Å². The lowest BCUT2D eigenvalue weighted by Crippen LogP contribution is -2.34. The van der Waals surface area contributed by atoms with E-state index >= 15 is 0 Å². The van der Waals surface area contributed by atoms with Crippen molar-refractivity contribution in [1.29, 1.82) is 0 Å². The number of rotatable bonds is 2. The van der Waals surface area contributed by atoms with Crippen LogP contribution in [0, 0.1) is 10.1 Å². The Balaban J connectivity index is 2.70. The van der Waals surface area contributed by atoms with Crippen LogP contribution in [0.4, 0.5) is 27.6 Å². The molecule has 1 heterocycles. The Morgan fingerprint density at radius 3 is 2.24 bits per heavy atom. The number of alkyl halides is 5. The van der Waals surface area contributed by atoms with Crippen molar-refractivity contribution in [3.63, 3.8) is 0 Å². The maximum absolute atomic E-state index is 13.1. The molecule has 0 aliphatic heterocycles. The second kappa shape index (κ2) is 4.50. The van der Waals surface area contributed by atoms with Crippen molar-refractivity contribution in [2.45, 2.75) is 12.1 Å². The molecule has 0 aliphatic carbocycles. The molecule has 5 nitrogen and oxygen atoms in total. The molecule has 0 N–H and O–H groups in total. The molecule has 21 heavy (non-hydrogen) atoms. The molecule has 0 radical (unpaired) electrons. The molecule has 2 rings (SSSR count). The van der Waals surface area contributed by atoms with Crippen LogP contribution in [0.3, 0.4) is 0 Å². The number of nitro benzene ring substituents is 1. The van der Waals surface area contributed by atoms with Gasteiger partial charge in [-0.05, 0) is 6.07 Å². The molecule has 0 amide bonds. The van der Waals surface area contributed by atoms with Gasteiger partial charge in [0.1, 0.15) is 5.58 Å². The van der Waals surface area contributed by atoms with Crippen LogP contribution in [0.15, 0.2) is 33.5 Å². The Morgan fingerprint density at radius 2 is 1.71 bits per heavy atom. The number of hydrogen-bond donors (Lipinski definition) is 0. The van der Waals surface area contributed by atoms with Gasteiger partial charge in [-0.25, -0.2) is 0 Å². The first-order valence-electron chi connectivity index (χ1n) is 5.21.